The van der Waals surface area contributed by atoms with Crippen molar-refractivity contribution in [2.24, 2.45) is 11.8 Å². The topological polar surface area (TPSA) is 28.4 Å². The average Bonchev–Trinajstić information content (AvgIpc) is 2.99. The van der Waals surface area contributed by atoms with E-state index in [1.807, 2.05) is 6.26 Å². The van der Waals surface area contributed by atoms with E-state index in [0.717, 1.165) is 37.4 Å². The Morgan fingerprint density at radius 3 is 2.85 bits per heavy atom. The van der Waals surface area contributed by atoms with Gasteiger partial charge in [-0.05, 0) is 43.8 Å². The van der Waals surface area contributed by atoms with Crippen LogP contribution in [0.1, 0.15) is 51.9 Å². The van der Waals surface area contributed by atoms with Crippen molar-refractivity contribution >= 4 is 0 Å². The summed E-state index contributed by atoms with van der Waals surface area (Å²) in [5.41, 5.74) is 1.26. The van der Waals surface area contributed by atoms with Crippen LogP contribution in [0.4, 0.5) is 0 Å². The van der Waals surface area contributed by atoms with Crippen LogP contribution in [-0.2, 0) is 13.1 Å². The van der Waals surface area contributed by atoms with Crippen molar-refractivity contribution in [3.05, 3.63) is 23.7 Å². The number of hydrogen-bond donors (Lipinski definition) is 1. The summed E-state index contributed by atoms with van der Waals surface area (Å²) in [6.07, 6.45) is 4.57. The highest BCUT2D eigenvalue weighted by Crippen LogP contribution is 2.26. The van der Waals surface area contributed by atoms with E-state index in [1.165, 1.54) is 24.9 Å². The summed E-state index contributed by atoms with van der Waals surface area (Å²) in [7, 11) is 0. The lowest BCUT2D eigenvalue weighted by molar-refractivity contribution is 0.185. The molecular formula is C17H30N2O. The first-order chi connectivity index (χ1) is 9.56. The van der Waals surface area contributed by atoms with Gasteiger partial charge >= 0.3 is 0 Å². The van der Waals surface area contributed by atoms with Crippen LogP contribution in [-0.4, -0.2) is 24.0 Å². The van der Waals surface area contributed by atoms with E-state index in [1.54, 1.807) is 0 Å². The zero-order chi connectivity index (χ0) is 14.5. The Morgan fingerprint density at radius 2 is 2.15 bits per heavy atom. The first kappa shape index (κ1) is 15.6. The van der Waals surface area contributed by atoms with E-state index >= 15 is 0 Å². The number of nitrogens with one attached hydrogen (secondary N) is 1. The van der Waals surface area contributed by atoms with Gasteiger partial charge in [0.25, 0.3) is 0 Å². The zero-order valence-corrected chi connectivity index (χ0v) is 13.5. The van der Waals surface area contributed by atoms with Crippen LogP contribution in [0.25, 0.3) is 0 Å². The predicted octanol–water partition coefficient (Wildman–Crippen LogP) is 3.65. The lowest BCUT2D eigenvalue weighted by atomic mass is 10.0. The van der Waals surface area contributed by atoms with Crippen LogP contribution in [0.2, 0.25) is 0 Å². The van der Waals surface area contributed by atoms with Gasteiger partial charge in [-0.3, -0.25) is 4.90 Å². The molecule has 1 saturated heterocycles. The van der Waals surface area contributed by atoms with Gasteiger partial charge in [-0.25, -0.2) is 0 Å². The molecule has 0 spiro atoms. The highest BCUT2D eigenvalue weighted by Gasteiger charge is 2.27. The van der Waals surface area contributed by atoms with Crippen LogP contribution in [0.15, 0.2) is 16.7 Å². The van der Waals surface area contributed by atoms with Crippen molar-refractivity contribution in [1.29, 1.82) is 0 Å². The maximum Gasteiger partial charge on any atom is 0.118 e. The monoisotopic (exact) mass is 278 g/mol. The summed E-state index contributed by atoms with van der Waals surface area (Å²) in [4.78, 5) is 2.58. The number of likely N-dealkylation sites (tertiary alicyclic amines) is 1. The van der Waals surface area contributed by atoms with Crippen molar-refractivity contribution in [3.63, 3.8) is 0 Å². The smallest absolute Gasteiger partial charge is 0.118 e. The molecular weight excluding hydrogens is 248 g/mol. The van der Waals surface area contributed by atoms with Crippen molar-refractivity contribution in [1.82, 2.24) is 10.2 Å². The molecule has 2 rings (SSSR count). The van der Waals surface area contributed by atoms with Gasteiger partial charge in [-0.2, -0.15) is 0 Å². The molecule has 1 N–H and O–H groups in total. The third-order valence-electron chi connectivity index (χ3n) is 4.13. The zero-order valence-electron chi connectivity index (χ0n) is 13.5. The van der Waals surface area contributed by atoms with Gasteiger partial charge in [-0.15, -0.1) is 0 Å². The second-order valence-corrected chi connectivity index (χ2v) is 6.87. The van der Waals surface area contributed by atoms with Gasteiger partial charge in [0.05, 0.1) is 12.8 Å². The molecule has 0 saturated carbocycles. The fourth-order valence-electron chi connectivity index (χ4n) is 3.11. The Balaban J connectivity index is 1.83. The lowest BCUT2D eigenvalue weighted by Crippen LogP contribution is -2.32. The van der Waals surface area contributed by atoms with Crippen LogP contribution in [0.5, 0.6) is 0 Å². The standard InChI is InChI=1S/C17H30N2O/c1-13(2)9-18-10-15-8-16(20-12-15)11-19-7-5-6-17(19)14(3)4/h8,12-14,17-18H,5-7,9-11H2,1-4H3. The van der Waals surface area contributed by atoms with E-state index < -0.39 is 0 Å². The molecule has 3 heteroatoms. The second-order valence-electron chi connectivity index (χ2n) is 6.87. The van der Waals surface area contributed by atoms with Crippen molar-refractivity contribution < 1.29 is 4.42 Å². The molecule has 1 aliphatic heterocycles. The van der Waals surface area contributed by atoms with Crippen molar-refractivity contribution in [2.75, 3.05) is 13.1 Å². The predicted molar refractivity (Wildman–Crippen MR) is 83.5 cm³/mol. The fourth-order valence-corrected chi connectivity index (χ4v) is 3.11. The Morgan fingerprint density at radius 1 is 1.35 bits per heavy atom. The minimum Gasteiger partial charge on any atom is -0.468 e. The van der Waals surface area contributed by atoms with Crippen molar-refractivity contribution in [3.8, 4) is 0 Å². The van der Waals surface area contributed by atoms with E-state index in [-0.39, 0.29) is 0 Å². The van der Waals surface area contributed by atoms with E-state index in [9.17, 15) is 0 Å². The van der Waals surface area contributed by atoms with Gasteiger partial charge < -0.3 is 9.73 Å². The Hall–Kier alpha value is -0.800. The van der Waals surface area contributed by atoms with E-state index in [0.29, 0.717) is 5.92 Å². The molecule has 3 nitrogen and oxygen atoms in total. The van der Waals surface area contributed by atoms with Crippen LogP contribution in [0.3, 0.4) is 0 Å². The molecule has 0 radical (unpaired) electrons. The van der Waals surface area contributed by atoms with Gasteiger partial charge in [0.1, 0.15) is 5.76 Å². The summed E-state index contributed by atoms with van der Waals surface area (Å²) in [5.74, 6) is 2.54. The number of nitrogens with zero attached hydrogens (tertiary/aromatic N) is 1. The molecule has 0 aromatic carbocycles. The molecule has 0 bridgehead atoms. The molecule has 2 heterocycles. The molecule has 1 fully saturated rings. The maximum atomic E-state index is 5.73. The molecule has 114 valence electrons. The molecule has 20 heavy (non-hydrogen) atoms. The summed E-state index contributed by atoms with van der Waals surface area (Å²) in [6, 6.07) is 2.94. The Bertz CT molecular complexity index is 397. The van der Waals surface area contributed by atoms with Gasteiger partial charge in [-0.1, -0.05) is 27.7 Å². The van der Waals surface area contributed by atoms with Gasteiger partial charge in [0.15, 0.2) is 0 Å². The van der Waals surface area contributed by atoms with Gasteiger partial charge in [0.2, 0.25) is 0 Å². The average molecular weight is 278 g/mol. The summed E-state index contributed by atoms with van der Waals surface area (Å²) < 4.78 is 5.73. The minimum absolute atomic E-state index is 0.692. The molecule has 0 aliphatic carbocycles. The Labute approximate surface area is 123 Å². The number of furan rings is 1. The van der Waals surface area contributed by atoms with Crippen LogP contribution < -0.4 is 5.32 Å². The van der Waals surface area contributed by atoms with Crippen LogP contribution >= 0.6 is 0 Å². The summed E-state index contributed by atoms with van der Waals surface area (Å²) >= 11 is 0. The maximum absolute atomic E-state index is 5.73. The SMILES string of the molecule is CC(C)CNCc1coc(CN2CCCC2C(C)C)c1. The quantitative estimate of drug-likeness (QED) is 0.825. The molecule has 1 aromatic heterocycles. The van der Waals surface area contributed by atoms with E-state index in [2.05, 4.69) is 44.0 Å². The molecule has 1 aromatic rings. The first-order valence-corrected chi connectivity index (χ1v) is 8.07. The number of rotatable bonds is 7. The van der Waals surface area contributed by atoms with Gasteiger partial charge in [0, 0.05) is 18.2 Å². The molecule has 0 amide bonds. The molecule has 1 aliphatic rings. The van der Waals surface area contributed by atoms with E-state index in [4.69, 9.17) is 4.42 Å². The molecule has 1 atom stereocenters. The number of hydrogen-bond acceptors (Lipinski definition) is 3. The lowest BCUT2D eigenvalue weighted by Gasteiger charge is -2.26. The summed E-state index contributed by atoms with van der Waals surface area (Å²) in [5, 5.41) is 3.46. The highest BCUT2D eigenvalue weighted by atomic mass is 16.3. The normalized spacial score (nSPS) is 20.4. The first-order valence-electron chi connectivity index (χ1n) is 8.07. The Kier molecular flexibility index (Phi) is 5.67. The van der Waals surface area contributed by atoms with Crippen molar-refractivity contribution in [2.45, 2.75) is 59.7 Å². The fraction of sp³-hybridized carbons (Fsp3) is 0.765. The molecule has 1 unspecified atom stereocenters. The minimum atomic E-state index is 0.692. The van der Waals surface area contributed by atoms with Crippen LogP contribution in [0, 0.1) is 11.8 Å². The highest BCUT2D eigenvalue weighted by molar-refractivity contribution is 5.13. The summed E-state index contributed by atoms with van der Waals surface area (Å²) in [6.45, 7) is 13.3. The third kappa shape index (κ3) is 4.35. The largest absolute Gasteiger partial charge is 0.468 e. The third-order valence-corrected chi connectivity index (χ3v) is 4.13. The second kappa shape index (κ2) is 7.28.